The van der Waals surface area contributed by atoms with E-state index >= 15 is 0 Å². The Labute approximate surface area is 103 Å². The molecular formula is C12H20O4S. The van der Waals surface area contributed by atoms with Gasteiger partial charge in [-0.05, 0) is 24.0 Å². The summed E-state index contributed by atoms with van der Waals surface area (Å²) in [7, 11) is -4.67. The lowest BCUT2D eigenvalue weighted by atomic mass is 10.00. The summed E-state index contributed by atoms with van der Waals surface area (Å²) in [4.78, 5) is 0. The minimum absolute atomic E-state index is 1.23. The quantitative estimate of drug-likeness (QED) is 0.816. The van der Waals surface area contributed by atoms with Crippen molar-refractivity contribution in [2.75, 3.05) is 0 Å². The summed E-state index contributed by atoms with van der Waals surface area (Å²) in [5, 5.41) is 0. The Morgan fingerprint density at radius 2 is 1.24 bits per heavy atom. The fourth-order valence-electron chi connectivity index (χ4n) is 1.58. The topological polar surface area (TPSA) is 74.6 Å². The zero-order chi connectivity index (χ0) is 13.3. The van der Waals surface area contributed by atoms with Gasteiger partial charge in [0, 0.05) is 0 Å². The van der Waals surface area contributed by atoms with E-state index in [0.717, 1.165) is 0 Å². The summed E-state index contributed by atoms with van der Waals surface area (Å²) in [6.45, 7) is 4.48. The molecule has 0 aliphatic carbocycles. The third-order valence-corrected chi connectivity index (χ3v) is 2.16. The molecule has 0 aliphatic heterocycles. The fourth-order valence-corrected chi connectivity index (χ4v) is 1.58. The molecule has 1 rings (SSSR count). The molecule has 0 aromatic heterocycles. The number of rotatable bonds is 4. The fraction of sp³-hybridized carbons (Fsp3) is 0.500. The summed E-state index contributed by atoms with van der Waals surface area (Å²) in [6, 6.07) is 8.80. The van der Waals surface area contributed by atoms with E-state index in [9.17, 15) is 0 Å². The second-order valence-electron chi connectivity index (χ2n) is 3.72. The van der Waals surface area contributed by atoms with E-state index in [2.05, 4.69) is 38.1 Å². The average molecular weight is 260 g/mol. The van der Waals surface area contributed by atoms with Gasteiger partial charge in [-0.2, -0.15) is 8.42 Å². The molecule has 0 unspecified atom stereocenters. The third kappa shape index (κ3) is 9.99. The highest BCUT2D eigenvalue weighted by atomic mass is 32.3. The maximum atomic E-state index is 8.74. The highest BCUT2D eigenvalue weighted by Gasteiger charge is 1.98. The van der Waals surface area contributed by atoms with E-state index in [1.165, 1.54) is 25.7 Å². The summed E-state index contributed by atoms with van der Waals surface area (Å²) in [5.74, 6) is 0. The molecule has 0 bridgehead atoms. The van der Waals surface area contributed by atoms with Crippen molar-refractivity contribution in [2.24, 2.45) is 0 Å². The largest absolute Gasteiger partial charge is 0.394 e. The summed E-state index contributed by atoms with van der Waals surface area (Å²) >= 11 is 0. The van der Waals surface area contributed by atoms with Gasteiger partial charge in [0.25, 0.3) is 0 Å². The molecule has 0 spiro atoms. The molecule has 0 atom stereocenters. The molecule has 0 radical (unpaired) electrons. The van der Waals surface area contributed by atoms with Crippen LogP contribution in [-0.2, 0) is 23.2 Å². The van der Waals surface area contributed by atoms with Gasteiger partial charge in [0.2, 0.25) is 0 Å². The van der Waals surface area contributed by atoms with Gasteiger partial charge in [0.05, 0.1) is 0 Å². The first-order chi connectivity index (χ1) is 7.88. The van der Waals surface area contributed by atoms with Gasteiger partial charge in [-0.1, -0.05) is 51.0 Å². The number of benzene rings is 1. The number of hydrogen-bond donors (Lipinski definition) is 2. The lowest BCUT2D eigenvalue weighted by Gasteiger charge is -2.06. The molecule has 17 heavy (non-hydrogen) atoms. The molecule has 0 fully saturated rings. The van der Waals surface area contributed by atoms with E-state index in [1.54, 1.807) is 11.1 Å². The minimum atomic E-state index is -4.67. The van der Waals surface area contributed by atoms with Gasteiger partial charge in [0.1, 0.15) is 0 Å². The Kier molecular flexibility index (Phi) is 7.78. The van der Waals surface area contributed by atoms with Crippen LogP contribution in [0.2, 0.25) is 0 Å². The van der Waals surface area contributed by atoms with Gasteiger partial charge in [-0.25, -0.2) is 0 Å². The minimum Gasteiger partial charge on any atom is -0.264 e. The highest BCUT2D eigenvalue weighted by molar-refractivity contribution is 7.79. The van der Waals surface area contributed by atoms with Gasteiger partial charge < -0.3 is 0 Å². The maximum Gasteiger partial charge on any atom is 0.394 e. The highest BCUT2D eigenvalue weighted by Crippen LogP contribution is 2.12. The Morgan fingerprint density at radius 3 is 1.47 bits per heavy atom. The Morgan fingerprint density at radius 1 is 0.941 bits per heavy atom. The van der Waals surface area contributed by atoms with Crippen LogP contribution in [-0.4, -0.2) is 17.5 Å². The number of hydrogen-bond acceptors (Lipinski definition) is 2. The van der Waals surface area contributed by atoms with Crippen molar-refractivity contribution in [1.29, 1.82) is 0 Å². The van der Waals surface area contributed by atoms with E-state index in [-0.39, 0.29) is 0 Å². The van der Waals surface area contributed by atoms with Gasteiger partial charge in [-0.3, -0.25) is 9.11 Å². The van der Waals surface area contributed by atoms with Crippen LogP contribution in [0.3, 0.4) is 0 Å². The van der Waals surface area contributed by atoms with Crippen LogP contribution in [0.1, 0.15) is 37.8 Å². The average Bonchev–Trinajstić information content (AvgIpc) is 2.19. The normalized spacial score (nSPS) is 10.6. The Bertz CT molecular complexity index is 379. The van der Waals surface area contributed by atoms with E-state index in [4.69, 9.17) is 17.5 Å². The first kappa shape index (κ1) is 16.1. The Hall–Kier alpha value is -0.910. The van der Waals surface area contributed by atoms with Crippen LogP contribution in [0.5, 0.6) is 0 Å². The van der Waals surface area contributed by atoms with Crippen molar-refractivity contribution in [1.82, 2.24) is 0 Å². The van der Waals surface area contributed by atoms with Gasteiger partial charge >= 0.3 is 10.4 Å². The number of aryl methyl sites for hydroxylation is 2. The maximum absolute atomic E-state index is 8.74. The lowest BCUT2D eigenvalue weighted by Crippen LogP contribution is -1.92. The van der Waals surface area contributed by atoms with Crippen LogP contribution < -0.4 is 0 Å². The summed E-state index contributed by atoms with van der Waals surface area (Å²) in [6.07, 6.45) is 4.97. The molecule has 0 heterocycles. The van der Waals surface area contributed by atoms with Crippen molar-refractivity contribution in [3.8, 4) is 0 Å². The monoisotopic (exact) mass is 260 g/mol. The molecule has 1 aromatic rings. The molecular weight excluding hydrogens is 240 g/mol. The lowest BCUT2D eigenvalue weighted by molar-refractivity contribution is 0.381. The van der Waals surface area contributed by atoms with Crippen LogP contribution >= 0.6 is 0 Å². The molecule has 4 nitrogen and oxygen atoms in total. The second-order valence-corrected chi connectivity index (χ2v) is 4.61. The second kappa shape index (κ2) is 8.22. The molecule has 1 aromatic carbocycles. The van der Waals surface area contributed by atoms with Crippen LogP contribution in [0.25, 0.3) is 0 Å². The first-order valence-corrected chi connectivity index (χ1v) is 7.04. The van der Waals surface area contributed by atoms with Crippen molar-refractivity contribution in [3.63, 3.8) is 0 Å². The van der Waals surface area contributed by atoms with E-state index < -0.39 is 10.4 Å². The molecule has 0 amide bonds. The molecule has 98 valence electrons. The smallest absolute Gasteiger partial charge is 0.264 e. The Balaban J connectivity index is 0.000000437. The summed E-state index contributed by atoms with van der Waals surface area (Å²) < 4.78 is 31.6. The zero-order valence-corrected chi connectivity index (χ0v) is 11.1. The molecule has 2 N–H and O–H groups in total. The van der Waals surface area contributed by atoms with Crippen molar-refractivity contribution < 1.29 is 17.5 Å². The molecule has 0 saturated heterocycles. The SMILES string of the molecule is CCCc1ccccc1CCC.O=S(=O)(O)O. The third-order valence-electron chi connectivity index (χ3n) is 2.16. The van der Waals surface area contributed by atoms with Crippen LogP contribution in [0.15, 0.2) is 24.3 Å². The zero-order valence-electron chi connectivity index (χ0n) is 10.3. The predicted octanol–water partition coefficient (Wildman–Crippen LogP) is 2.94. The van der Waals surface area contributed by atoms with Crippen molar-refractivity contribution in [2.45, 2.75) is 39.5 Å². The van der Waals surface area contributed by atoms with Crippen LogP contribution in [0, 0.1) is 0 Å². The first-order valence-electron chi connectivity index (χ1n) is 5.65. The van der Waals surface area contributed by atoms with E-state index in [1.807, 2.05) is 0 Å². The van der Waals surface area contributed by atoms with Crippen LogP contribution in [0.4, 0.5) is 0 Å². The van der Waals surface area contributed by atoms with Crippen molar-refractivity contribution >= 4 is 10.4 Å². The van der Waals surface area contributed by atoms with Gasteiger partial charge in [-0.15, -0.1) is 0 Å². The van der Waals surface area contributed by atoms with E-state index in [0.29, 0.717) is 0 Å². The molecule has 0 aliphatic rings. The van der Waals surface area contributed by atoms with Crippen molar-refractivity contribution in [3.05, 3.63) is 35.4 Å². The standard InChI is InChI=1S/C12H18.H2O4S/c1-3-7-11-9-5-6-10-12(11)8-4-2;1-5(2,3)4/h5-6,9-10H,3-4,7-8H2,1-2H3;(H2,1,2,3,4). The molecule has 5 heteroatoms. The van der Waals surface area contributed by atoms with Gasteiger partial charge in [0.15, 0.2) is 0 Å². The molecule has 0 saturated carbocycles. The summed E-state index contributed by atoms with van der Waals surface area (Å²) in [5.41, 5.74) is 3.09. The predicted molar refractivity (Wildman–Crippen MR) is 68.6 cm³/mol.